The summed E-state index contributed by atoms with van der Waals surface area (Å²) in [7, 11) is 0. The van der Waals surface area contributed by atoms with Gasteiger partial charge in [0.15, 0.2) is 0 Å². The molecule has 0 radical (unpaired) electrons. The van der Waals surface area contributed by atoms with Gasteiger partial charge in [0.05, 0.1) is 0 Å². The molecule has 0 N–H and O–H groups in total. The van der Waals surface area contributed by atoms with E-state index in [2.05, 4.69) is 172 Å². The van der Waals surface area contributed by atoms with Gasteiger partial charge in [-0.25, -0.2) is 0 Å². The lowest BCUT2D eigenvalue weighted by atomic mass is 9.81. The van der Waals surface area contributed by atoms with Gasteiger partial charge in [-0.1, -0.05) is 124 Å². The van der Waals surface area contributed by atoms with Gasteiger partial charge in [0.2, 0.25) is 0 Å². The summed E-state index contributed by atoms with van der Waals surface area (Å²) in [5, 5.41) is 2.75. The van der Waals surface area contributed by atoms with Crippen molar-refractivity contribution < 1.29 is 0 Å². The molecule has 0 fully saturated rings. The van der Waals surface area contributed by atoms with Crippen LogP contribution in [0.1, 0.15) is 68.4 Å². The fourth-order valence-corrected chi connectivity index (χ4v) is 9.53. The molecule has 1 heterocycles. The molecule has 51 heavy (non-hydrogen) atoms. The van der Waals surface area contributed by atoms with E-state index >= 15 is 0 Å². The third kappa shape index (κ3) is 5.63. The van der Waals surface area contributed by atoms with Crippen LogP contribution >= 0.6 is 11.3 Å². The van der Waals surface area contributed by atoms with Gasteiger partial charge in [0.1, 0.15) is 0 Å². The highest BCUT2D eigenvalue weighted by molar-refractivity contribution is 7.25. The molecule has 9 rings (SSSR count). The van der Waals surface area contributed by atoms with E-state index < -0.39 is 0 Å². The lowest BCUT2D eigenvalue weighted by molar-refractivity contribution is 0.659. The summed E-state index contributed by atoms with van der Waals surface area (Å²) in [5.41, 5.74) is 17.3. The number of thiophene rings is 1. The van der Waals surface area contributed by atoms with Crippen LogP contribution in [0, 0.1) is 13.8 Å². The van der Waals surface area contributed by atoms with E-state index in [0.29, 0.717) is 0 Å². The van der Waals surface area contributed by atoms with Crippen molar-refractivity contribution in [3.63, 3.8) is 0 Å². The fraction of sp³-hybridized carbons (Fsp3) is 0.184. The first-order valence-corrected chi connectivity index (χ1v) is 19.2. The lowest BCUT2D eigenvalue weighted by Gasteiger charge is -2.30. The highest BCUT2D eigenvalue weighted by Gasteiger charge is 2.36. The molecule has 2 aliphatic rings. The first-order chi connectivity index (χ1) is 24.9. The molecule has 7 aromatic rings. The Kier molecular flexibility index (Phi) is 8.52. The molecular formula is C49H45NS. The normalized spacial score (nSPS) is 14.3. The van der Waals surface area contributed by atoms with E-state index in [9.17, 15) is 0 Å². The summed E-state index contributed by atoms with van der Waals surface area (Å²) in [6.07, 6.45) is 6.68. The number of aryl methyl sites for hydroxylation is 2. The number of hydrogen-bond donors (Lipinski definition) is 0. The second-order valence-corrected chi connectivity index (χ2v) is 15.3. The first-order valence-electron chi connectivity index (χ1n) is 18.4. The second-order valence-electron chi connectivity index (χ2n) is 14.2. The van der Waals surface area contributed by atoms with E-state index in [-0.39, 0.29) is 5.41 Å². The van der Waals surface area contributed by atoms with Crippen molar-refractivity contribution in [1.29, 1.82) is 0 Å². The third-order valence-corrected chi connectivity index (χ3v) is 11.9. The molecule has 1 nitrogen and oxygen atoms in total. The Hall–Kier alpha value is -5.18. The maximum Gasteiger partial charge on any atom is 0.0464 e. The van der Waals surface area contributed by atoms with Crippen LogP contribution in [0.5, 0.6) is 0 Å². The van der Waals surface area contributed by atoms with Gasteiger partial charge < -0.3 is 4.90 Å². The number of nitrogens with zero attached hydrogens (tertiary/aromatic N) is 1. The van der Waals surface area contributed by atoms with Gasteiger partial charge in [-0.3, -0.25) is 0 Å². The fourth-order valence-electron chi connectivity index (χ4n) is 8.40. The minimum atomic E-state index is -0.00614. The van der Waals surface area contributed by atoms with Gasteiger partial charge in [-0.2, -0.15) is 0 Å². The molecule has 0 amide bonds. The van der Waals surface area contributed by atoms with E-state index in [4.69, 9.17) is 0 Å². The Labute approximate surface area is 307 Å². The van der Waals surface area contributed by atoms with Crippen LogP contribution in [0.25, 0.3) is 48.0 Å². The largest absolute Gasteiger partial charge is 0.314 e. The van der Waals surface area contributed by atoms with Crippen LogP contribution in [-0.4, -0.2) is 0 Å². The molecule has 252 valence electrons. The summed E-state index contributed by atoms with van der Waals surface area (Å²) >= 11 is 1.89. The number of allylic oxidation sites excluding steroid dienone is 4. The maximum absolute atomic E-state index is 2.45. The third-order valence-electron chi connectivity index (χ3n) is 10.7. The second kappa shape index (κ2) is 13.2. The summed E-state index contributed by atoms with van der Waals surface area (Å²) < 4.78 is 2.72. The molecule has 0 atom stereocenters. The highest BCUT2D eigenvalue weighted by atomic mass is 32.1. The van der Waals surface area contributed by atoms with Crippen molar-refractivity contribution in [1.82, 2.24) is 0 Å². The maximum atomic E-state index is 2.45. The van der Waals surface area contributed by atoms with Crippen LogP contribution < -0.4 is 4.90 Å². The summed E-state index contributed by atoms with van der Waals surface area (Å²) in [6, 6.07) is 47.4. The molecule has 0 bridgehead atoms. The van der Waals surface area contributed by atoms with Crippen LogP contribution in [0.2, 0.25) is 0 Å². The number of anilines is 2. The number of hydrogen-bond acceptors (Lipinski definition) is 2. The molecule has 2 heteroatoms. The van der Waals surface area contributed by atoms with Gasteiger partial charge in [-0.05, 0) is 125 Å². The average Bonchev–Trinajstić information content (AvgIpc) is 3.65. The quantitative estimate of drug-likeness (QED) is 0.175. The van der Waals surface area contributed by atoms with Crippen molar-refractivity contribution in [2.75, 3.05) is 4.90 Å². The summed E-state index contributed by atoms with van der Waals surface area (Å²) in [6.45, 7) is 13.2. The highest BCUT2D eigenvalue weighted by Crippen LogP contribution is 2.51. The zero-order valence-electron chi connectivity index (χ0n) is 30.5. The minimum Gasteiger partial charge on any atom is -0.314 e. The van der Waals surface area contributed by atoms with Gasteiger partial charge >= 0.3 is 0 Å². The van der Waals surface area contributed by atoms with Crippen molar-refractivity contribution >= 4 is 48.5 Å². The van der Waals surface area contributed by atoms with E-state index in [1.54, 1.807) is 0 Å². The molecule has 0 spiro atoms. The minimum absolute atomic E-state index is 0.00614. The first kappa shape index (κ1) is 33.0. The van der Waals surface area contributed by atoms with Crippen LogP contribution in [0.3, 0.4) is 0 Å². The monoisotopic (exact) mass is 679 g/mol. The molecule has 2 aliphatic carbocycles. The van der Waals surface area contributed by atoms with Crippen LogP contribution in [-0.2, 0) is 5.41 Å². The summed E-state index contributed by atoms with van der Waals surface area (Å²) in [5.74, 6) is 0. The molecule has 0 aliphatic heterocycles. The number of benzene rings is 6. The molecule has 1 aromatic heterocycles. The van der Waals surface area contributed by atoms with Crippen molar-refractivity contribution in [3.8, 4) is 22.3 Å². The van der Waals surface area contributed by atoms with E-state index in [1.165, 1.54) is 92.9 Å². The molecule has 0 saturated heterocycles. The average molecular weight is 680 g/mol. The van der Waals surface area contributed by atoms with Gasteiger partial charge in [0.25, 0.3) is 0 Å². The van der Waals surface area contributed by atoms with Gasteiger partial charge in [-0.15, -0.1) is 11.3 Å². The number of rotatable bonds is 5. The zero-order chi connectivity index (χ0) is 35.3. The smallest absolute Gasteiger partial charge is 0.0464 e. The van der Waals surface area contributed by atoms with E-state index in [0.717, 1.165) is 12.8 Å². The Balaban J connectivity index is 0.00000184. The standard InChI is InChI=1S/C47H39NS.C2H6/c1-30-26-31(2)45-40-29-34(22-25-41(40)47(3,4)42(45)27-30)33-12-10-15-37(28-33)48(35-13-6-5-7-14-35)36-23-20-32(21-24-36)38-17-11-19-44-46(38)39-16-8-9-18-43(39)49-44;1-2/h5-20,22-23,25-29H,21,24H2,1-4H3;1-2H3. The predicted molar refractivity (Wildman–Crippen MR) is 223 cm³/mol. The number of para-hydroxylation sites is 1. The molecule has 6 aromatic carbocycles. The molecule has 0 unspecified atom stereocenters. The van der Waals surface area contributed by atoms with E-state index in [1.807, 2.05) is 25.2 Å². The van der Waals surface area contributed by atoms with Crippen molar-refractivity contribution in [3.05, 3.63) is 173 Å². The Morgan fingerprint density at radius 2 is 1.31 bits per heavy atom. The Bertz CT molecular complexity index is 2490. The topological polar surface area (TPSA) is 3.24 Å². The van der Waals surface area contributed by atoms with Crippen molar-refractivity contribution in [2.24, 2.45) is 0 Å². The zero-order valence-corrected chi connectivity index (χ0v) is 31.4. The molecule has 0 saturated carbocycles. The Morgan fingerprint density at radius 1 is 0.588 bits per heavy atom. The van der Waals surface area contributed by atoms with Crippen molar-refractivity contribution in [2.45, 2.75) is 59.8 Å². The number of fused-ring (bicyclic) bond motifs is 6. The summed E-state index contributed by atoms with van der Waals surface area (Å²) in [4.78, 5) is 2.45. The Morgan fingerprint density at radius 3 is 2.12 bits per heavy atom. The van der Waals surface area contributed by atoms with Crippen LogP contribution in [0.4, 0.5) is 11.4 Å². The molecular weight excluding hydrogens is 635 g/mol. The predicted octanol–water partition coefficient (Wildman–Crippen LogP) is 14.6. The SMILES string of the molecule is CC.Cc1cc(C)c2c(c1)C(C)(C)c1ccc(-c3cccc(N(C4=CC=C(c5cccc6sc7ccccc7c56)CC4)c4ccccc4)c3)cc1-2. The lowest BCUT2D eigenvalue weighted by Crippen LogP contribution is -2.18. The van der Waals surface area contributed by atoms with Gasteiger partial charge in [0, 0.05) is 42.7 Å². The van der Waals surface area contributed by atoms with Crippen LogP contribution in [0.15, 0.2) is 145 Å².